The number of hydrogen-bond donors (Lipinski definition) is 2. The molecule has 0 radical (unpaired) electrons. The normalized spacial score (nSPS) is 13.6. The van der Waals surface area contributed by atoms with Crippen molar-refractivity contribution in [3.05, 3.63) is 95.8 Å². The molecule has 232 valence electrons. The molecule has 0 aliphatic heterocycles. The van der Waals surface area contributed by atoms with Gasteiger partial charge in [0.05, 0.1) is 12.0 Å². The highest BCUT2D eigenvalue weighted by Gasteiger charge is 2.51. The van der Waals surface area contributed by atoms with Gasteiger partial charge in [0.2, 0.25) is 5.91 Å². The third-order valence-corrected chi connectivity index (χ3v) is 12.3. The fourth-order valence-corrected chi connectivity index (χ4v) is 10.0. The lowest BCUT2D eigenvalue weighted by molar-refractivity contribution is -0.124. The summed E-state index contributed by atoms with van der Waals surface area (Å²) in [6.07, 6.45) is -1.88. The minimum absolute atomic E-state index is 0.0695. The molecule has 0 heterocycles. The first-order valence-electron chi connectivity index (χ1n) is 13.9. The Morgan fingerprint density at radius 2 is 1.33 bits per heavy atom. The van der Waals surface area contributed by atoms with Gasteiger partial charge in [-0.05, 0) is 60.3 Å². The van der Waals surface area contributed by atoms with Crippen LogP contribution in [0.25, 0.3) is 0 Å². The fraction of sp³-hybridized carbons (Fsp3) is 0.375. The van der Waals surface area contributed by atoms with Crippen LogP contribution in [-0.4, -0.2) is 37.9 Å². The van der Waals surface area contributed by atoms with Crippen molar-refractivity contribution >= 4 is 42.3 Å². The standard InChI is InChI=1S/C32H38ClF3N2O4Si/c1-31(2,3)41-30(40)38-37-29(39)25(21-17-26(34)28(36)27(35)18-21)19-22(20-33)42-43(32(4,5)6,23-13-9-7-10-14-23)24-15-11-8-12-16-24/h7-18,22,25H,19-20H2,1-6H3,(H,37,39)(H,38,40). The molecule has 43 heavy (non-hydrogen) atoms. The molecule has 0 aliphatic carbocycles. The molecule has 0 aromatic heterocycles. The van der Waals surface area contributed by atoms with Gasteiger partial charge in [-0.2, -0.15) is 0 Å². The van der Waals surface area contributed by atoms with Crippen LogP contribution < -0.4 is 21.2 Å². The van der Waals surface area contributed by atoms with Crippen molar-refractivity contribution < 1.29 is 31.9 Å². The highest BCUT2D eigenvalue weighted by Crippen LogP contribution is 2.39. The molecule has 2 N–H and O–H groups in total. The van der Waals surface area contributed by atoms with E-state index in [1.165, 1.54) is 0 Å². The maximum absolute atomic E-state index is 14.4. The second-order valence-corrected chi connectivity index (χ2v) is 16.8. The number of ether oxygens (including phenoxy) is 1. The molecule has 0 fully saturated rings. The summed E-state index contributed by atoms with van der Waals surface area (Å²) >= 11 is 6.49. The molecular formula is C32H38ClF3N2O4Si. The number of amides is 2. The zero-order valence-corrected chi connectivity index (χ0v) is 26.9. The molecule has 6 nitrogen and oxygen atoms in total. The Morgan fingerprint density at radius 3 is 1.74 bits per heavy atom. The van der Waals surface area contributed by atoms with Gasteiger partial charge < -0.3 is 9.16 Å². The van der Waals surface area contributed by atoms with E-state index in [-0.39, 0.29) is 17.9 Å². The third-order valence-electron chi connectivity index (χ3n) is 6.84. The lowest BCUT2D eigenvalue weighted by Crippen LogP contribution is -2.68. The van der Waals surface area contributed by atoms with E-state index in [2.05, 4.69) is 31.6 Å². The zero-order valence-electron chi connectivity index (χ0n) is 25.1. The van der Waals surface area contributed by atoms with E-state index in [0.29, 0.717) is 0 Å². The minimum Gasteiger partial charge on any atom is -0.443 e. The van der Waals surface area contributed by atoms with Crippen molar-refractivity contribution in [1.29, 1.82) is 0 Å². The van der Waals surface area contributed by atoms with Gasteiger partial charge in [0.15, 0.2) is 17.5 Å². The summed E-state index contributed by atoms with van der Waals surface area (Å²) in [6, 6.07) is 21.0. The fourth-order valence-electron chi connectivity index (χ4n) is 5.02. The Kier molecular flexibility index (Phi) is 11.1. The first-order chi connectivity index (χ1) is 20.1. The molecule has 3 rings (SSSR count). The molecule has 2 unspecified atom stereocenters. The first kappa shape index (κ1) is 34.2. The van der Waals surface area contributed by atoms with Crippen LogP contribution in [0.2, 0.25) is 5.04 Å². The van der Waals surface area contributed by atoms with Gasteiger partial charge in [-0.1, -0.05) is 81.4 Å². The molecule has 2 amide bonds. The Bertz CT molecular complexity index is 1340. The van der Waals surface area contributed by atoms with Crippen molar-refractivity contribution in [3.63, 3.8) is 0 Å². The van der Waals surface area contributed by atoms with Gasteiger partial charge in [-0.25, -0.2) is 23.4 Å². The summed E-state index contributed by atoms with van der Waals surface area (Å²) in [5, 5.41) is 1.51. The van der Waals surface area contributed by atoms with Crippen molar-refractivity contribution in [2.24, 2.45) is 0 Å². The number of benzene rings is 3. The summed E-state index contributed by atoms with van der Waals surface area (Å²) in [5.74, 6) is -6.75. The van der Waals surface area contributed by atoms with Gasteiger partial charge in [-0.15, -0.1) is 11.6 Å². The molecule has 0 bridgehead atoms. The molecule has 0 aliphatic rings. The summed E-state index contributed by atoms with van der Waals surface area (Å²) in [4.78, 5) is 25.7. The maximum Gasteiger partial charge on any atom is 0.426 e. The Labute approximate surface area is 257 Å². The van der Waals surface area contributed by atoms with Gasteiger partial charge in [0.1, 0.15) is 5.60 Å². The lowest BCUT2D eigenvalue weighted by atomic mass is 9.92. The van der Waals surface area contributed by atoms with Gasteiger partial charge in [-0.3, -0.25) is 10.2 Å². The van der Waals surface area contributed by atoms with E-state index < -0.39 is 60.4 Å². The Morgan fingerprint density at radius 1 is 0.837 bits per heavy atom. The molecule has 2 atom stereocenters. The van der Waals surface area contributed by atoms with Crippen molar-refractivity contribution in [2.75, 3.05) is 5.88 Å². The molecule has 0 saturated heterocycles. The van der Waals surface area contributed by atoms with Crippen molar-refractivity contribution in [1.82, 2.24) is 10.9 Å². The number of alkyl halides is 1. The van der Waals surface area contributed by atoms with Crippen LogP contribution in [0, 0.1) is 17.5 Å². The summed E-state index contributed by atoms with van der Waals surface area (Å²) < 4.78 is 54.8. The summed E-state index contributed by atoms with van der Waals surface area (Å²) in [6.45, 7) is 11.2. The zero-order chi connectivity index (χ0) is 32.0. The minimum atomic E-state index is -3.14. The van der Waals surface area contributed by atoms with Crippen LogP contribution in [0.15, 0.2) is 72.8 Å². The summed E-state index contributed by atoms with van der Waals surface area (Å²) in [5.41, 5.74) is 3.42. The van der Waals surface area contributed by atoms with Gasteiger partial charge in [0, 0.05) is 5.88 Å². The highest BCUT2D eigenvalue weighted by molar-refractivity contribution is 6.99. The molecule has 0 spiro atoms. The van der Waals surface area contributed by atoms with Crippen LogP contribution in [0.1, 0.15) is 59.4 Å². The molecule has 3 aromatic rings. The molecule has 3 aromatic carbocycles. The van der Waals surface area contributed by atoms with Crippen LogP contribution in [0.4, 0.5) is 18.0 Å². The topological polar surface area (TPSA) is 76.7 Å². The smallest absolute Gasteiger partial charge is 0.426 e. The second-order valence-electron chi connectivity index (χ2n) is 12.3. The van der Waals surface area contributed by atoms with Crippen LogP contribution >= 0.6 is 11.6 Å². The van der Waals surface area contributed by atoms with E-state index in [9.17, 15) is 22.8 Å². The van der Waals surface area contributed by atoms with E-state index >= 15 is 0 Å². The van der Waals surface area contributed by atoms with Crippen molar-refractivity contribution in [2.45, 2.75) is 70.6 Å². The second kappa shape index (κ2) is 14.0. The van der Waals surface area contributed by atoms with Gasteiger partial charge >= 0.3 is 6.09 Å². The quantitative estimate of drug-likeness (QED) is 0.125. The van der Waals surface area contributed by atoms with Crippen LogP contribution in [-0.2, 0) is 14.0 Å². The van der Waals surface area contributed by atoms with Crippen molar-refractivity contribution in [3.8, 4) is 0 Å². The predicted molar refractivity (Wildman–Crippen MR) is 164 cm³/mol. The number of halogens is 4. The average Bonchev–Trinajstić information content (AvgIpc) is 2.94. The molecular weight excluding hydrogens is 597 g/mol. The van der Waals surface area contributed by atoms with Crippen LogP contribution in [0.3, 0.4) is 0 Å². The molecule has 0 saturated carbocycles. The SMILES string of the molecule is CC(C)(C)OC(=O)NNC(=O)C(CC(CCl)O[Si](c1ccccc1)(c1ccccc1)C(C)(C)C)c1cc(F)c(F)c(F)c1. The Hall–Kier alpha value is -3.34. The third kappa shape index (κ3) is 8.40. The van der Waals surface area contributed by atoms with Gasteiger partial charge in [0.25, 0.3) is 8.32 Å². The van der Waals surface area contributed by atoms with E-state index in [4.69, 9.17) is 20.8 Å². The lowest BCUT2D eigenvalue weighted by Gasteiger charge is -2.45. The maximum atomic E-state index is 14.4. The van der Waals surface area contributed by atoms with E-state index in [0.717, 1.165) is 22.5 Å². The largest absolute Gasteiger partial charge is 0.443 e. The average molecular weight is 635 g/mol. The number of rotatable bonds is 9. The molecule has 11 heteroatoms. The summed E-state index contributed by atoms with van der Waals surface area (Å²) in [7, 11) is -3.14. The Balaban J connectivity index is 2.06. The number of hydrazine groups is 1. The highest BCUT2D eigenvalue weighted by atomic mass is 35.5. The predicted octanol–water partition coefficient (Wildman–Crippen LogP) is 6.32. The number of nitrogens with one attached hydrogen (secondary N) is 2. The van der Waals surface area contributed by atoms with E-state index in [1.807, 2.05) is 60.7 Å². The first-order valence-corrected chi connectivity index (χ1v) is 16.3. The number of hydrogen-bond acceptors (Lipinski definition) is 4. The number of carbonyl (C=O) groups is 2. The monoisotopic (exact) mass is 634 g/mol. The van der Waals surface area contributed by atoms with Crippen LogP contribution in [0.5, 0.6) is 0 Å². The van der Waals surface area contributed by atoms with E-state index in [1.54, 1.807) is 20.8 Å². The number of carbonyl (C=O) groups excluding carboxylic acids is 2.